The molecule has 0 heterocycles. The van der Waals surface area contributed by atoms with Crippen LogP contribution < -0.4 is 5.32 Å². The smallest absolute Gasteiger partial charge is 0.325 e. The lowest BCUT2D eigenvalue weighted by Crippen LogP contribution is -2.42. The molecule has 0 aromatic heterocycles. The maximum atomic E-state index is 11.7. The van der Waals surface area contributed by atoms with Crippen molar-refractivity contribution in [2.24, 2.45) is 17.8 Å². The third kappa shape index (κ3) is 5.12. The van der Waals surface area contributed by atoms with Gasteiger partial charge in [0.1, 0.15) is 12.6 Å². The fourth-order valence-electron chi connectivity index (χ4n) is 2.83. The zero-order valence-corrected chi connectivity index (χ0v) is 12.9. The van der Waals surface area contributed by atoms with Crippen molar-refractivity contribution < 1.29 is 19.4 Å². The Morgan fingerprint density at radius 3 is 2.50 bits per heavy atom. The first-order valence-corrected chi connectivity index (χ1v) is 7.45. The average Bonchev–Trinajstić information content (AvgIpc) is 2.35. The van der Waals surface area contributed by atoms with Crippen LogP contribution in [0.1, 0.15) is 47.0 Å². The number of nitrogens with one attached hydrogen (secondary N) is 1. The topological polar surface area (TPSA) is 75.6 Å². The molecule has 0 saturated heterocycles. The molecule has 0 aromatic carbocycles. The van der Waals surface area contributed by atoms with Crippen molar-refractivity contribution in [1.29, 1.82) is 0 Å². The van der Waals surface area contributed by atoms with Gasteiger partial charge in [-0.05, 0) is 37.5 Å². The van der Waals surface area contributed by atoms with Crippen molar-refractivity contribution >= 4 is 11.9 Å². The normalized spacial score (nSPS) is 28.1. The van der Waals surface area contributed by atoms with E-state index in [-0.39, 0.29) is 18.6 Å². The molecule has 0 spiro atoms. The number of rotatable bonds is 6. The minimum atomic E-state index is -1.04. The van der Waals surface area contributed by atoms with E-state index in [0.717, 1.165) is 12.8 Å². The monoisotopic (exact) mass is 285 g/mol. The van der Waals surface area contributed by atoms with E-state index in [9.17, 15) is 9.59 Å². The van der Waals surface area contributed by atoms with E-state index in [4.69, 9.17) is 9.84 Å². The predicted octanol–water partition coefficient (Wildman–Crippen LogP) is 2.05. The molecule has 116 valence electrons. The summed E-state index contributed by atoms with van der Waals surface area (Å²) in [4.78, 5) is 22.3. The number of carbonyl (C=O) groups excluding carboxylic acids is 1. The van der Waals surface area contributed by atoms with Gasteiger partial charge in [-0.1, -0.05) is 27.2 Å². The van der Waals surface area contributed by atoms with Crippen LogP contribution in [0.15, 0.2) is 0 Å². The Hall–Kier alpha value is -1.10. The van der Waals surface area contributed by atoms with E-state index >= 15 is 0 Å². The summed E-state index contributed by atoms with van der Waals surface area (Å²) in [5, 5.41) is 11.2. The Balaban J connectivity index is 2.45. The van der Waals surface area contributed by atoms with Gasteiger partial charge in [0.15, 0.2) is 0 Å². The zero-order valence-electron chi connectivity index (χ0n) is 12.9. The van der Waals surface area contributed by atoms with Gasteiger partial charge in [-0.2, -0.15) is 0 Å². The highest BCUT2D eigenvalue weighted by molar-refractivity contribution is 5.83. The third-order valence-electron chi connectivity index (χ3n) is 4.14. The fourth-order valence-corrected chi connectivity index (χ4v) is 2.83. The van der Waals surface area contributed by atoms with E-state index in [1.54, 1.807) is 0 Å². The Labute approximate surface area is 121 Å². The molecule has 1 aliphatic carbocycles. The van der Waals surface area contributed by atoms with Crippen molar-refractivity contribution in [3.63, 3.8) is 0 Å². The van der Waals surface area contributed by atoms with Crippen LogP contribution in [0, 0.1) is 17.8 Å². The van der Waals surface area contributed by atoms with Gasteiger partial charge < -0.3 is 15.2 Å². The quantitative estimate of drug-likeness (QED) is 0.783. The lowest BCUT2D eigenvalue weighted by atomic mass is 9.75. The minimum Gasteiger partial charge on any atom is -0.480 e. The predicted molar refractivity (Wildman–Crippen MR) is 76.3 cm³/mol. The van der Waals surface area contributed by atoms with Gasteiger partial charge in [0.2, 0.25) is 5.91 Å². The molecule has 1 aliphatic rings. The van der Waals surface area contributed by atoms with Gasteiger partial charge >= 0.3 is 5.97 Å². The van der Waals surface area contributed by atoms with Crippen LogP contribution in [0.5, 0.6) is 0 Å². The van der Waals surface area contributed by atoms with Crippen molar-refractivity contribution in [1.82, 2.24) is 5.32 Å². The van der Waals surface area contributed by atoms with Crippen LogP contribution in [0.2, 0.25) is 0 Å². The molecule has 0 aliphatic heterocycles. The van der Waals surface area contributed by atoms with Gasteiger partial charge in [0.25, 0.3) is 0 Å². The summed E-state index contributed by atoms with van der Waals surface area (Å²) >= 11 is 0. The Kier molecular flexibility index (Phi) is 6.46. The molecule has 1 fully saturated rings. The van der Waals surface area contributed by atoms with E-state index in [1.807, 2.05) is 0 Å². The summed E-state index contributed by atoms with van der Waals surface area (Å²) < 4.78 is 5.76. The highest BCUT2D eigenvalue weighted by atomic mass is 16.5. The molecule has 1 amide bonds. The minimum absolute atomic E-state index is 0.0573. The number of carbonyl (C=O) groups is 2. The number of carboxylic acids is 1. The van der Waals surface area contributed by atoms with Crippen LogP contribution in [0.25, 0.3) is 0 Å². The highest BCUT2D eigenvalue weighted by Gasteiger charge is 2.31. The molecule has 2 N–H and O–H groups in total. The molecule has 5 nitrogen and oxygen atoms in total. The first-order chi connectivity index (χ1) is 9.31. The fraction of sp³-hybridized carbons (Fsp3) is 0.867. The maximum absolute atomic E-state index is 11.7. The largest absolute Gasteiger partial charge is 0.480 e. The zero-order chi connectivity index (χ0) is 15.3. The van der Waals surface area contributed by atoms with Crippen molar-refractivity contribution in [2.45, 2.75) is 59.1 Å². The van der Waals surface area contributed by atoms with E-state index in [1.165, 1.54) is 13.3 Å². The molecule has 4 atom stereocenters. The first kappa shape index (κ1) is 17.0. The molecular weight excluding hydrogens is 258 g/mol. The average molecular weight is 285 g/mol. The second-order valence-electron chi connectivity index (χ2n) is 6.30. The van der Waals surface area contributed by atoms with Crippen LogP contribution >= 0.6 is 0 Å². The van der Waals surface area contributed by atoms with Crippen molar-refractivity contribution in [3.05, 3.63) is 0 Å². The van der Waals surface area contributed by atoms with E-state index in [0.29, 0.717) is 17.8 Å². The molecular formula is C15H27NO4. The second-order valence-corrected chi connectivity index (χ2v) is 6.30. The van der Waals surface area contributed by atoms with Crippen LogP contribution in [0.4, 0.5) is 0 Å². The van der Waals surface area contributed by atoms with Gasteiger partial charge in [0.05, 0.1) is 6.10 Å². The highest BCUT2D eigenvalue weighted by Crippen LogP contribution is 2.35. The molecule has 3 unspecified atom stereocenters. The number of carboxylic acid groups (broad SMARTS) is 1. The lowest BCUT2D eigenvalue weighted by Gasteiger charge is -2.37. The lowest BCUT2D eigenvalue weighted by molar-refractivity contribution is -0.143. The number of aliphatic carboxylic acids is 1. The van der Waals surface area contributed by atoms with Crippen LogP contribution in [0.3, 0.4) is 0 Å². The summed E-state index contributed by atoms with van der Waals surface area (Å²) in [7, 11) is 0. The SMILES string of the molecule is CC1CCC(C(C)C)C(OCC(=O)N[C@H](C)C(=O)O)C1. The Bertz CT molecular complexity index is 343. The summed E-state index contributed by atoms with van der Waals surface area (Å²) in [5.74, 6) is 0.241. The summed E-state index contributed by atoms with van der Waals surface area (Å²) in [6.07, 6.45) is 3.43. The van der Waals surface area contributed by atoms with Crippen molar-refractivity contribution in [3.8, 4) is 0 Å². The summed E-state index contributed by atoms with van der Waals surface area (Å²) in [6.45, 7) is 7.96. The molecule has 20 heavy (non-hydrogen) atoms. The van der Waals surface area contributed by atoms with E-state index in [2.05, 4.69) is 26.1 Å². The molecule has 1 saturated carbocycles. The summed E-state index contributed by atoms with van der Waals surface area (Å²) in [5.41, 5.74) is 0. The van der Waals surface area contributed by atoms with Crippen LogP contribution in [-0.4, -0.2) is 35.7 Å². The molecule has 0 radical (unpaired) electrons. The number of amides is 1. The number of ether oxygens (including phenoxy) is 1. The third-order valence-corrected chi connectivity index (χ3v) is 4.14. The Morgan fingerprint density at radius 1 is 1.30 bits per heavy atom. The standard InChI is InChI=1S/C15H27NO4/c1-9(2)12-6-5-10(3)7-13(12)20-8-14(17)16-11(4)15(18)19/h9-13H,5-8H2,1-4H3,(H,16,17)(H,18,19)/t10?,11-,12?,13?/m1/s1. The van der Waals surface area contributed by atoms with Gasteiger partial charge in [-0.3, -0.25) is 9.59 Å². The molecule has 0 aromatic rings. The van der Waals surface area contributed by atoms with Gasteiger partial charge in [-0.15, -0.1) is 0 Å². The first-order valence-electron chi connectivity index (χ1n) is 7.45. The number of hydrogen-bond acceptors (Lipinski definition) is 3. The second kappa shape index (κ2) is 7.62. The maximum Gasteiger partial charge on any atom is 0.325 e. The van der Waals surface area contributed by atoms with Crippen molar-refractivity contribution in [2.75, 3.05) is 6.61 Å². The van der Waals surface area contributed by atoms with Gasteiger partial charge in [-0.25, -0.2) is 0 Å². The molecule has 5 heteroatoms. The van der Waals surface area contributed by atoms with Crippen LogP contribution in [-0.2, 0) is 14.3 Å². The number of hydrogen-bond donors (Lipinski definition) is 2. The van der Waals surface area contributed by atoms with E-state index < -0.39 is 12.0 Å². The summed E-state index contributed by atoms with van der Waals surface area (Å²) in [6, 6.07) is -0.878. The molecule has 0 bridgehead atoms. The van der Waals surface area contributed by atoms with Gasteiger partial charge in [0, 0.05) is 0 Å². The molecule has 1 rings (SSSR count). The Morgan fingerprint density at radius 2 is 1.95 bits per heavy atom.